The Morgan fingerprint density at radius 2 is 2.00 bits per heavy atom. The van der Waals surface area contributed by atoms with Gasteiger partial charge < -0.3 is 14.8 Å². The van der Waals surface area contributed by atoms with Crippen LogP contribution in [0.1, 0.15) is 19.8 Å². The van der Waals surface area contributed by atoms with E-state index >= 15 is 0 Å². The van der Waals surface area contributed by atoms with Crippen LogP contribution in [0.25, 0.3) is 0 Å². The van der Waals surface area contributed by atoms with E-state index in [1.165, 1.54) is 0 Å². The minimum absolute atomic E-state index is 0.0833. The van der Waals surface area contributed by atoms with Crippen LogP contribution in [0, 0.1) is 12.3 Å². The smallest absolute Gasteiger partial charge is 0.172 e. The van der Waals surface area contributed by atoms with Gasteiger partial charge in [-0.2, -0.15) is 0 Å². The highest BCUT2D eigenvalue weighted by Gasteiger charge is 2.18. The molecule has 0 fully saturated rings. The summed E-state index contributed by atoms with van der Waals surface area (Å²) in [6.07, 6.45) is 6.67. The van der Waals surface area contributed by atoms with E-state index in [4.69, 9.17) is 15.9 Å². The zero-order valence-electron chi connectivity index (χ0n) is 8.67. The van der Waals surface area contributed by atoms with Crippen molar-refractivity contribution in [1.82, 2.24) is 5.32 Å². The van der Waals surface area contributed by atoms with Crippen molar-refractivity contribution < 1.29 is 9.47 Å². The summed E-state index contributed by atoms with van der Waals surface area (Å²) in [6.45, 7) is 3.03. The van der Waals surface area contributed by atoms with Crippen LogP contribution in [0.4, 0.5) is 0 Å². The fourth-order valence-electron chi connectivity index (χ4n) is 1.15. The molecule has 3 nitrogen and oxygen atoms in total. The van der Waals surface area contributed by atoms with Gasteiger partial charge in [0.1, 0.15) is 0 Å². The van der Waals surface area contributed by atoms with Crippen LogP contribution < -0.4 is 5.32 Å². The van der Waals surface area contributed by atoms with Crippen molar-refractivity contribution in [3.63, 3.8) is 0 Å². The predicted octanol–water partition coefficient (Wildman–Crippen LogP) is 0.997. The molecule has 0 aliphatic rings. The van der Waals surface area contributed by atoms with Crippen LogP contribution in [-0.2, 0) is 9.47 Å². The largest absolute Gasteiger partial charge is 0.354 e. The average molecular weight is 185 g/mol. The third kappa shape index (κ3) is 4.89. The normalized spacial score (nSPS) is 12.8. The lowest BCUT2D eigenvalue weighted by Crippen LogP contribution is -2.42. The van der Waals surface area contributed by atoms with E-state index < -0.39 is 0 Å². The molecule has 1 atom stereocenters. The van der Waals surface area contributed by atoms with E-state index in [0.29, 0.717) is 6.42 Å². The second-order valence-corrected chi connectivity index (χ2v) is 2.81. The summed E-state index contributed by atoms with van der Waals surface area (Å²) in [7, 11) is 3.23. The van der Waals surface area contributed by atoms with Gasteiger partial charge in [0.15, 0.2) is 6.29 Å². The molecule has 0 aliphatic heterocycles. The maximum atomic E-state index is 5.25. The van der Waals surface area contributed by atoms with Gasteiger partial charge in [-0.1, -0.05) is 6.92 Å². The van der Waals surface area contributed by atoms with E-state index in [1.54, 1.807) is 14.2 Å². The molecular weight excluding hydrogens is 166 g/mol. The van der Waals surface area contributed by atoms with Crippen molar-refractivity contribution in [2.24, 2.45) is 0 Å². The lowest BCUT2D eigenvalue weighted by molar-refractivity contribution is -0.121. The molecule has 0 spiro atoms. The van der Waals surface area contributed by atoms with Crippen molar-refractivity contribution in [2.75, 3.05) is 20.8 Å². The summed E-state index contributed by atoms with van der Waals surface area (Å²) < 4.78 is 10.3. The monoisotopic (exact) mass is 185 g/mol. The molecular formula is C10H19NO2. The molecule has 3 heteroatoms. The van der Waals surface area contributed by atoms with Gasteiger partial charge >= 0.3 is 0 Å². The summed E-state index contributed by atoms with van der Waals surface area (Å²) in [5.41, 5.74) is 0. The first-order valence-electron chi connectivity index (χ1n) is 4.52. The Morgan fingerprint density at radius 3 is 2.38 bits per heavy atom. The van der Waals surface area contributed by atoms with Crippen molar-refractivity contribution in [2.45, 2.75) is 32.1 Å². The van der Waals surface area contributed by atoms with Crippen molar-refractivity contribution in [3.05, 3.63) is 0 Å². The molecule has 0 saturated heterocycles. The molecule has 0 aromatic heterocycles. The lowest BCUT2D eigenvalue weighted by atomic mass is 10.2. The summed E-state index contributed by atoms with van der Waals surface area (Å²) >= 11 is 0. The predicted molar refractivity (Wildman–Crippen MR) is 53.3 cm³/mol. The third-order valence-corrected chi connectivity index (χ3v) is 1.79. The van der Waals surface area contributed by atoms with Gasteiger partial charge in [0.25, 0.3) is 0 Å². The van der Waals surface area contributed by atoms with Gasteiger partial charge in [-0.05, 0) is 13.0 Å². The Bertz CT molecular complexity index is 149. The Labute approximate surface area is 80.8 Å². The topological polar surface area (TPSA) is 30.5 Å². The number of terminal acetylenes is 1. The Balaban J connectivity index is 3.97. The van der Waals surface area contributed by atoms with Gasteiger partial charge in [0.05, 0.1) is 6.04 Å². The molecule has 1 N–H and O–H groups in total. The molecule has 0 aliphatic carbocycles. The van der Waals surface area contributed by atoms with Crippen LogP contribution in [0.5, 0.6) is 0 Å². The molecule has 0 aromatic carbocycles. The zero-order chi connectivity index (χ0) is 10.1. The molecule has 0 bridgehead atoms. The maximum Gasteiger partial charge on any atom is 0.172 e. The summed E-state index contributed by atoms with van der Waals surface area (Å²) in [5, 5.41) is 3.28. The number of rotatable bonds is 7. The van der Waals surface area contributed by atoms with Crippen molar-refractivity contribution >= 4 is 0 Å². The Kier molecular flexibility index (Phi) is 7.71. The highest BCUT2D eigenvalue weighted by molar-refractivity contribution is 4.91. The van der Waals surface area contributed by atoms with Gasteiger partial charge in [-0.3, -0.25) is 0 Å². The van der Waals surface area contributed by atoms with Crippen LogP contribution in [0.15, 0.2) is 0 Å². The molecule has 1 unspecified atom stereocenters. The lowest BCUT2D eigenvalue weighted by Gasteiger charge is -2.23. The van der Waals surface area contributed by atoms with Crippen molar-refractivity contribution in [3.8, 4) is 12.3 Å². The van der Waals surface area contributed by atoms with E-state index in [9.17, 15) is 0 Å². The van der Waals surface area contributed by atoms with Crippen LogP contribution >= 0.6 is 0 Å². The first kappa shape index (κ1) is 12.4. The highest BCUT2D eigenvalue weighted by atomic mass is 16.7. The molecule has 76 valence electrons. The molecule has 0 rings (SSSR count). The van der Waals surface area contributed by atoms with Gasteiger partial charge in [-0.25, -0.2) is 0 Å². The van der Waals surface area contributed by atoms with Gasteiger partial charge in [0.2, 0.25) is 0 Å². The molecule has 13 heavy (non-hydrogen) atoms. The number of ether oxygens (including phenoxy) is 2. The summed E-state index contributed by atoms with van der Waals surface area (Å²) in [6, 6.07) is 0.0833. The number of nitrogens with one attached hydrogen (secondary N) is 1. The molecule has 0 amide bonds. The fourth-order valence-corrected chi connectivity index (χ4v) is 1.15. The number of hydrogen-bond acceptors (Lipinski definition) is 3. The van der Waals surface area contributed by atoms with Gasteiger partial charge in [0, 0.05) is 20.6 Å². The third-order valence-electron chi connectivity index (χ3n) is 1.79. The molecule has 0 radical (unpaired) electrons. The summed E-state index contributed by atoms with van der Waals surface area (Å²) in [4.78, 5) is 0. The number of methoxy groups -OCH3 is 2. The molecule has 0 saturated carbocycles. The number of hydrogen-bond donors (Lipinski definition) is 1. The average Bonchev–Trinajstić information content (AvgIpc) is 2.16. The molecule has 0 aromatic rings. The first-order valence-corrected chi connectivity index (χ1v) is 4.52. The fraction of sp³-hybridized carbons (Fsp3) is 0.800. The summed E-state index contributed by atoms with van der Waals surface area (Å²) in [5.74, 6) is 2.60. The van der Waals surface area contributed by atoms with Crippen molar-refractivity contribution in [1.29, 1.82) is 0 Å². The second-order valence-electron chi connectivity index (χ2n) is 2.81. The van der Waals surface area contributed by atoms with Crippen LogP contribution in [0.3, 0.4) is 0 Å². The van der Waals surface area contributed by atoms with Crippen LogP contribution in [0.2, 0.25) is 0 Å². The molecule has 0 heterocycles. The Morgan fingerprint density at radius 1 is 1.38 bits per heavy atom. The van der Waals surface area contributed by atoms with E-state index in [-0.39, 0.29) is 12.3 Å². The SMILES string of the molecule is C#CCC(NCCC)C(OC)OC. The quantitative estimate of drug-likeness (QED) is 0.474. The first-order chi connectivity index (χ1) is 6.29. The van der Waals surface area contributed by atoms with E-state index in [2.05, 4.69) is 18.2 Å². The van der Waals surface area contributed by atoms with E-state index in [1.807, 2.05) is 0 Å². The van der Waals surface area contributed by atoms with E-state index in [0.717, 1.165) is 13.0 Å². The van der Waals surface area contributed by atoms with Crippen LogP contribution in [-0.4, -0.2) is 33.1 Å². The minimum atomic E-state index is -0.261. The standard InChI is InChI=1S/C10H19NO2/c1-5-7-9(11-8-6-2)10(12-3)13-4/h1,9-11H,6-8H2,2-4H3. The van der Waals surface area contributed by atoms with Gasteiger partial charge in [-0.15, -0.1) is 12.3 Å². The maximum absolute atomic E-state index is 5.25. The second kappa shape index (κ2) is 8.06. The highest BCUT2D eigenvalue weighted by Crippen LogP contribution is 2.03. The zero-order valence-corrected chi connectivity index (χ0v) is 8.67. The minimum Gasteiger partial charge on any atom is -0.354 e. The Hall–Kier alpha value is -0.560.